The second-order valence-electron chi connectivity index (χ2n) is 7.46. The number of nitrogens with zero attached hydrogens (tertiary/aromatic N) is 1. The molecule has 3 aromatic rings. The number of ether oxygens (including phenoxy) is 1. The fourth-order valence-corrected chi connectivity index (χ4v) is 4.40. The van der Waals surface area contributed by atoms with Gasteiger partial charge in [0.25, 0.3) is 0 Å². The van der Waals surface area contributed by atoms with E-state index in [0.29, 0.717) is 25.1 Å². The number of methoxy groups -OCH3 is 1. The third-order valence-corrected chi connectivity index (χ3v) is 5.86. The third-order valence-electron chi connectivity index (χ3n) is 5.63. The second kappa shape index (κ2) is 9.08. The van der Waals surface area contributed by atoms with E-state index in [-0.39, 0.29) is 23.5 Å². The van der Waals surface area contributed by atoms with E-state index in [1.54, 1.807) is 19.2 Å². The molecule has 1 unspecified atom stereocenters. The molecule has 1 aromatic heterocycles. The molecule has 6 nitrogen and oxygen atoms in total. The number of hydrogen-bond acceptors (Lipinski definition) is 3. The molecule has 31 heavy (non-hydrogen) atoms. The highest BCUT2D eigenvalue weighted by Crippen LogP contribution is 2.41. The average molecular weight is 444 g/mol. The van der Waals surface area contributed by atoms with Crippen LogP contribution < -0.4 is 5.32 Å². The van der Waals surface area contributed by atoms with Gasteiger partial charge in [-0.2, -0.15) is 0 Å². The van der Waals surface area contributed by atoms with E-state index >= 15 is 0 Å². The smallest absolute Gasteiger partial charge is 0.243 e. The number of carbonyl (C=O) groups is 2. The normalized spacial score (nSPS) is 18.1. The van der Waals surface area contributed by atoms with Crippen molar-refractivity contribution in [2.24, 2.45) is 0 Å². The van der Waals surface area contributed by atoms with Crippen molar-refractivity contribution in [3.63, 3.8) is 0 Å². The van der Waals surface area contributed by atoms with Crippen LogP contribution in [0, 0.1) is 5.82 Å². The molecule has 2 N–H and O–H groups in total. The summed E-state index contributed by atoms with van der Waals surface area (Å²) in [5, 5.41) is 3.84. The summed E-state index contributed by atoms with van der Waals surface area (Å²) in [6, 6.07) is 12.4. The maximum Gasteiger partial charge on any atom is 0.243 e. The molecule has 2 atom stereocenters. The van der Waals surface area contributed by atoms with Crippen molar-refractivity contribution < 1.29 is 18.7 Å². The van der Waals surface area contributed by atoms with Crippen LogP contribution in [-0.2, 0) is 20.7 Å². The lowest BCUT2D eigenvalue weighted by Crippen LogP contribution is -2.55. The van der Waals surface area contributed by atoms with Crippen LogP contribution >= 0.6 is 11.6 Å². The van der Waals surface area contributed by atoms with Gasteiger partial charge in [0.2, 0.25) is 11.8 Å². The lowest BCUT2D eigenvalue weighted by molar-refractivity contribution is -0.141. The van der Waals surface area contributed by atoms with Gasteiger partial charge in [-0.1, -0.05) is 30.3 Å². The number of aromatic nitrogens is 1. The van der Waals surface area contributed by atoms with Gasteiger partial charge in [-0.15, -0.1) is 11.6 Å². The van der Waals surface area contributed by atoms with Crippen molar-refractivity contribution >= 4 is 34.3 Å². The van der Waals surface area contributed by atoms with Crippen LogP contribution in [0.15, 0.2) is 48.5 Å². The largest absolute Gasteiger partial charge is 0.383 e. The molecule has 1 aliphatic rings. The van der Waals surface area contributed by atoms with E-state index in [4.69, 9.17) is 16.3 Å². The van der Waals surface area contributed by atoms with E-state index in [2.05, 4.69) is 10.3 Å². The summed E-state index contributed by atoms with van der Waals surface area (Å²) in [6.07, 6.45) is 0.346. The van der Waals surface area contributed by atoms with Crippen LogP contribution in [0.2, 0.25) is 0 Å². The summed E-state index contributed by atoms with van der Waals surface area (Å²) < 4.78 is 18.7. The Morgan fingerprint density at radius 2 is 1.97 bits per heavy atom. The van der Waals surface area contributed by atoms with Crippen molar-refractivity contribution in [2.45, 2.75) is 18.5 Å². The summed E-state index contributed by atoms with van der Waals surface area (Å²) in [6.45, 7) is 0.693. The van der Waals surface area contributed by atoms with Crippen LogP contribution in [0.4, 0.5) is 4.39 Å². The zero-order chi connectivity index (χ0) is 22.0. The Hall–Kier alpha value is -2.90. The zero-order valence-electron chi connectivity index (χ0n) is 17.0. The van der Waals surface area contributed by atoms with Crippen molar-refractivity contribution in [1.29, 1.82) is 0 Å². The Bertz CT molecular complexity index is 1100. The number of para-hydroxylation sites is 1. The van der Waals surface area contributed by atoms with Gasteiger partial charge in [0, 0.05) is 36.7 Å². The first-order valence-corrected chi connectivity index (χ1v) is 10.6. The van der Waals surface area contributed by atoms with Crippen LogP contribution in [0.25, 0.3) is 10.9 Å². The number of H-pyrrole nitrogens is 1. The van der Waals surface area contributed by atoms with Crippen LogP contribution in [0.1, 0.15) is 22.9 Å². The summed E-state index contributed by atoms with van der Waals surface area (Å²) in [4.78, 5) is 31.0. The van der Waals surface area contributed by atoms with Crippen molar-refractivity contribution in [3.8, 4) is 0 Å². The number of rotatable bonds is 6. The molecule has 0 saturated carbocycles. The van der Waals surface area contributed by atoms with Gasteiger partial charge in [-0.25, -0.2) is 4.39 Å². The third kappa shape index (κ3) is 4.03. The molecule has 162 valence electrons. The Balaban J connectivity index is 1.87. The molecule has 2 heterocycles. The summed E-state index contributed by atoms with van der Waals surface area (Å²) in [5.41, 5.74) is 3.39. The highest BCUT2D eigenvalue weighted by atomic mass is 35.5. The first kappa shape index (κ1) is 21.3. The highest BCUT2D eigenvalue weighted by molar-refractivity contribution is 6.27. The Morgan fingerprint density at radius 1 is 1.23 bits per heavy atom. The summed E-state index contributed by atoms with van der Waals surface area (Å²) in [7, 11) is 1.55. The van der Waals surface area contributed by atoms with Gasteiger partial charge in [0.1, 0.15) is 17.7 Å². The molecule has 8 heteroatoms. The minimum absolute atomic E-state index is 0.269. The topological polar surface area (TPSA) is 74.4 Å². The number of benzene rings is 2. The maximum atomic E-state index is 13.6. The molecule has 0 spiro atoms. The minimum atomic E-state index is -0.759. The van der Waals surface area contributed by atoms with Crippen LogP contribution in [0.5, 0.6) is 0 Å². The molecule has 2 amide bonds. The van der Waals surface area contributed by atoms with E-state index < -0.39 is 12.1 Å². The fraction of sp³-hybridized carbons (Fsp3) is 0.304. The number of carbonyl (C=O) groups excluding carboxylic acids is 2. The number of amides is 2. The number of aromatic amines is 1. The first-order valence-electron chi connectivity index (χ1n) is 10.0. The maximum absolute atomic E-state index is 13.6. The molecule has 0 aliphatic carbocycles. The lowest BCUT2D eigenvalue weighted by Gasteiger charge is -2.41. The predicted octanol–water partition coefficient (Wildman–Crippen LogP) is 3.15. The molecule has 1 aliphatic heterocycles. The van der Waals surface area contributed by atoms with Crippen molar-refractivity contribution in [2.75, 3.05) is 26.1 Å². The van der Waals surface area contributed by atoms with Gasteiger partial charge < -0.3 is 19.9 Å². The zero-order valence-corrected chi connectivity index (χ0v) is 17.8. The minimum Gasteiger partial charge on any atom is -0.383 e. The number of fused-ring (bicyclic) bond motifs is 3. The van der Waals surface area contributed by atoms with E-state index in [1.165, 1.54) is 17.0 Å². The van der Waals surface area contributed by atoms with Gasteiger partial charge in [-0.05, 0) is 29.3 Å². The highest BCUT2D eigenvalue weighted by Gasteiger charge is 2.43. The van der Waals surface area contributed by atoms with E-state index in [0.717, 1.165) is 22.2 Å². The molecular weight excluding hydrogens is 421 g/mol. The monoisotopic (exact) mass is 443 g/mol. The van der Waals surface area contributed by atoms with Crippen molar-refractivity contribution in [3.05, 3.63) is 71.2 Å². The Morgan fingerprint density at radius 3 is 2.68 bits per heavy atom. The molecule has 0 radical (unpaired) electrons. The average Bonchev–Trinajstić information content (AvgIpc) is 3.16. The second-order valence-corrected chi connectivity index (χ2v) is 7.72. The van der Waals surface area contributed by atoms with Gasteiger partial charge >= 0.3 is 0 Å². The number of halogens is 2. The number of nitrogens with one attached hydrogen (secondary N) is 2. The number of alkyl halides is 1. The van der Waals surface area contributed by atoms with Crippen LogP contribution in [-0.4, -0.2) is 53.9 Å². The van der Waals surface area contributed by atoms with Crippen LogP contribution in [0.3, 0.4) is 0 Å². The molecule has 0 fully saturated rings. The standard InChI is InChI=1S/C23H23ClFN3O3/c1-31-11-10-26-23(30)19-12-17-16-4-2-3-5-18(16)27-21(17)22(28(19)20(29)13-24)14-6-8-15(25)9-7-14/h2-9,19,22,27H,10-13H2,1H3,(H,26,30)/t19?,22-/m0/s1. The molecule has 0 bridgehead atoms. The first-order chi connectivity index (χ1) is 15.0. The summed E-state index contributed by atoms with van der Waals surface area (Å²) in [5.74, 6) is -1.29. The predicted molar refractivity (Wildman–Crippen MR) is 116 cm³/mol. The van der Waals surface area contributed by atoms with Gasteiger partial charge in [-0.3, -0.25) is 9.59 Å². The van der Waals surface area contributed by atoms with Crippen molar-refractivity contribution in [1.82, 2.24) is 15.2 Å². The Labute approximate surface area is 184 Å². The molecular formula is C23H23ClFN3O3. The van der Waals surface area contributed by atoms with E-state index in [9.17, 15) is 14.0 Å². The fourth-order valence-electron chi connectivity index (χ4n) is 4.26. The van der Waals surface area contributed by atoms with Gasteiger partial charge in [0.05, 0.1) is 12.6 Å². The molecule has 2 aromatic carbocycles. The molecule has 0 saturated heterocycles. The van der Waals surface area contributed by atoms with E-state index in [1.807, 2.05) is 24.3 Å². The molecule has 4 rings (SSSR count). The van der Waals surface area contributed by atoms with Gasteiger partial charge in [0.15, 0.2) is 0 Å². The lowest BCUT2D eigenvalue weighted by atomic mass is 9.87. The quantitative estimate of drug-likeness (QED) is 0.454. The summed E-state index contributed by atoms with van der Waals surface area (Å²) >= 11 is 5.95. The Kier molecular flexibility index (Phi) is 6.25. The SMILES string of the molecule is COCCNC(=O)C1Cc2c([nH]c3ccccc23)[C@H](c2ccc(F)cc2)N1C(=O)CCl. The number of hydrogen-bond donors (Lipinski definition) is 2.